The molecule has 176 valence electrons. The van der Waals surface area contributed by atoms with Crippen LogP contribution in [0.2, 0.25) is 0 Å². The fraction of sp³-hybridized carbons (Fsp3) is 0.222. The molecule has 7 heteroatoms. The number of hydrogen-bond acceptors (Lipinski definition) is 3. The Kier molecular flexibility index (Phi) is 7.42. The number of alkyl halides is 2. The molecular weight excluding hydrogens is 438 g/mol. The number of aromatic amines is 1. The number of ether oxygens (including phenoxy) is 2. The fourth-order valence-electron chi connectivity index (χ4n) is 4.03. The predicted molar refractivity (Wildman–Crippen MR) is 128 cm³/mol. The molecule has 0 fully saturated rings. The van der Waals surface area contributed by atoms with Crippen molar-refractivity contribution in [2.24, 2.45) is 0 Å². The number of carbonyl (C=O) groups is 1. The van der Waals surface area contributed by atoms with Crippen LogP contribution in [0.15, 0.2) is 79.0 Å². The van der Waals surface area contributed by atoms with E-state index in [0.29, 0.717) is 13.0 Å². The molecule has 1 amide bonds. The molecule has 0 aliphatic heterocycles. The van der Waals surface area contributed by atoms with E-state index in [1.807, 2.05) is 48.7 Å². The third kappa shape index (κ3) is 5.73. The highest BCUT2D eigenvalue weighted by atomic mass is 19.3. The average Bonchev–Trinajstić information content (AvgIpc) is 3.28. The van der Waals surface area contributed by atoms with Gasteiger partial charge in [-0.1, -0.05) is 42.5 Å². The van der Waals surface area contributed by atoms with Gasteiger partial charge >= 0.3 is 6.61 Å². The Morgan fingerprint density at radius 2 is 1.68 bits per heavy atom. The lowest BCUT2D eigenvalue weighted by Crippen LogP contribution is -2.29. The second-order valence-electron chi connectivity index (χ2n) is 7.94. The Balaban J connectivity index is 1.43. The Morgan fingerprint density at radius 1 is 0.971 bits per heavy atom. The number of carbonyl (C=O) groups excluding carboxylic acids is 1. The van der Waals surface area contributed by atoms with Gasteiger partial charge in [0, 0.05) is 36.0 Å². The molecule has 2 N–H and O–H groups in total. The van der Waals surface area contributed by atoms with Crippen molar-refractivity contribution in [1.29, 1.82) is 0 Å². The number of rotatable bonds is 10. The quantitative estimate of drug-likeness (QED) is 0.318. The monoisotopic (exact) mass is 464 g/mol. The maximum atomic E-state index is 12.6. The largest absolute Gasteiger partial charge is 0.497 e. The first-order valence-corrected chi connectivity index (χ1v) is 11.0. The van der Waals surface area contributed by atoms with Gasteiger partial charge in [0.2, 0.25) is 5.91 Å². The molecule has 1 aromatic heterocycles. The van der Waals surface area contributed by atoms with Crippen molar-refractivity contribution in [1.82, 2.24) is 10.3 Å². The second-order valence-corrected chi connectivity index (χ2v) is 7.94. The summed E-state index contributed by atoms with van der Waals surface area (Å²) in [4.78, 5) is 16.0. The van der Waals surface area contributed by atoms with Crippen molar-refractivity contribution in [3.63, 3.8) is 0 Å². The molecule has 5 nitrogen and oxygen atoms in total. The number of benzene rings is 3. The van der Waals surface area contributed by atoms with Crippen LogP contribution in [-0.2, 0) is 11.2 Å². The second kappa shape index (κ2) is 10.8. The van der Waals surface area contributed by atoms with Crippen LogP contribution in [0.25, 0.3) is 10.9 Å². The summed E-state index contributed by atoms with van der Waals surface area (Å²) in [6, 6.07) is 22.3. The molecule has 0 spiro atoms. The lowest BCUT2D eigenvalue weighted by atomic mass is 9.90. The topological polar surface area (TPSA) is 63.4 Å². The van der Waals surface area contributed by atoms with Crippen LogP contribution in [0.4, 0.5) is 8.78 Å². The van der Waals surface area contributed by atoms with Crippen LogP contribution in [0.1, 0.15) is 29.0 Å². The first-order chi connectivity index (χ1) is 16.5. The molecule has 0 saturated heterocycles. The van der Waals surface area contributed by atoms with Crippen LogP contribution in [0, 0.1) is 0 Å². The number of halogens is 2. The lowest BCUT2D eigenvalue weighted by Gasteiger charge is -2.19. The molecule has 4 aromatic rings. The summed E-state index contributed by atoms with van der Waals surface area (Å²) in [5.74, 6) is 0.753. The van der Waals surface area contributed by atoms with Gasteiger partial charge in [-0.2, -0.15) is 8.78 Å². The molecule has 0 bridgehead atoms. The minimum Gasteiger partial charge on any atom is -0.497 e. The molecular formula is C27H26F2N2O3. The summed E-state index contributed by atoms with van der Waals surface area (Å²) in [5.41, 5.74) is 4.10. The van der Waals surface area contributed by atoms with Crippen molar-refractivity contribution in [3.8, 4) is 11.5 Å². The first kappa shape index (κ1) is 23.3. The molecule has 3 aromatic carbocycles. The molecule has 0 radical (unpaired) electrons. The van der Waals surface area contributed by atoms with E-state index in [-0.39, 0.29) is 24.0 Å². The highest BCUT2D eigenvalue weighted by molar-refractivity contribution is 5.84. The summed E-state index contributed by atoms with van der Waals surface area (Å²) < 4.78 is 34.2. The standard InChI is InChI=1S/C27H26F2N2O3/c1-33-20-13-9-19(10-14-20)23(24-17-30-25-5-3-2-4-22(24)25)16-31-26(32)15-8-18-6-11-21(12-7-18)34-27(28)29/h2-7,9-14,17,23,27,30H,8,15-16H2,1H3,(H,31,32). The van der Waals surface area contributed by atoms with Crippen LogP contribution in [0.3, 0.4) is 0 Å². The first-order valence-electron chi connectivity index (χ1n) is 11.0. The number of para-hydroxylation sites is 1. The van der Waals surface area contributed by atoms with Crippen molar-refractivity contribution >= 4 is 16.8 Å². The summed E-state index contributed by atoms with van der Waals surface area (Å²) in [6.45, 7) is -2.42. The van der Waals surface area contributed by atoms with Gasteiger partial charge in [-0.05, 0) is 53.4 Å². The smallest absolute Gasteiger partial charge is 0.387 e. The average molecular weight is 465 g/mol. The van der Waals surface area contributed by atoms with E-state index in [0.717, 1.165) is 33.3 Å². The van der Waals surface area contributed by atoms with Gasteiger partial charge < -0.3 is 19.8 Å². The van der Waals surface area contributed by atoms with E-state index < -0.39 is 6.61 Å². The normalized spacial score (nSPS) is 12.0. The predicted octanol–water partition coefficient (Wildman–Crippen LogP) is 5.66. The van der Waals surface area contributed by atoms with Gasteiger partial charge in [0.25, 0.3) is 0 Å². The zero-order valence-electron chi connectivity index (χ0n) is 18.8. The van der Waals surface area contributed by atoms with Crippen LogP contribution in [-0.4, -0.2) is 31.2 Å². The molecule has 1 heterocycles. The number of hydrogen-bond donors (Lipinski definition) is 2. The number of amides is 1. The molecule has 34 heavy (non-hydrogen) atoms. The van der Waals surface area contributed by atoms with Crippen molar-refractivity contribution in [2.45, 2.75) is 25.4 Å². The highest BCUT2D eigenvalue weighted by Gasteiger charge is 2.19. The summed E-state index contributed by atoms with van der Waals surface area (Å²) in [5, 5.41) is 4.18. The van der Waals surface area contributed by atoms with Gasteiger partial charge in [-0.3, -0.25) is 4.79 Å². The molecule has 1 unspecified atom stereocenters. The van der Waals surface area contributed by atoms with Gasteiger partial charge in [0.15, 0.2) is 0 Å². The van der Waals surface area contributed by atoms with E-state index >= 15 is 0 Å². The summed E-state index contributed by atoms with van der Waals surface area (Å²) >= 11 is 0. The number of fused-ring (bicyclic) bond motifs is 1. The molecule has 0 aliphatic carbocycles. The zero-order valence-corrected chi connectivity index (χ0v) is 18.8. The Bertz CT molecular complexity index is 1220. The lowest BCUT2D eigenvalue weighted by molar-refractivity contribution is -0.121. The Labute approximate surface area is 196 Å². The number of H-pyrrole nitrogens is 1. The maximum absolute atomic E-state index is 12.6. The zero-order chi connectivity index (χ0) is 23.9. The Hall–Kier alpha value is -3.87. The van der Waals surface area contributed by atoms with E-state index in [4.69, 9.17) is 4.74 Å². The van der Waals surface area contributed by atoms with E-state index in [1.165, 1.54) is 12.1 Å². The third-order valence-electron chi connectivity index (χ3n) is 5.81. The van der Waals surface area contributed by atoms with Crippen LogP contribution >= 0.6 is 0 Å². The van der Waals surface area contributed by atoms with E-state index in [9.17, 15) is 13.6 Å². The van der Waals surface area contributed by atoms with Gasteiger partial charge in [0.05, 0.1) is 7.11 Å². The molecule has 0 aliphatic rings. The van der Waals surface area contributed by atoms with Crippen molar-refractivity contribution < 1.29 is 23.0 Å². The molecule has 0 saturated carbocycles. The number of methoxy groups -OCH3 is 1. The number of aromatic nitrogens is 1. The minimum atomic E-state index is -2.85. The Morgan fingerprint density at radius 3 is 2.38 bits per heavy atom. The SMILES string of the molecule is COc1ccc(C(CNC(=O)CCc2ccc(OC(F)F)cc2)c2c[nH]c3ccccc23)cc1. The molecule has 4 rings (SSSR count). The van der Waals surface area contributed by atoms with Crippen molar-refractivity contribution in [3.05, 3.63) is 95.7 Å². The summed E-state index contributed by atoms with van der Waals surface area (Å²) in [6.07, 6.45) is 2.79. The fourth-order valence-corrected chi connectivity index (χ4v) is 4.03. The maximum Gasteiger partial charge on any atom is 0.387 e. The highest BCUT2D eigenvalue weighted by Crippen LogP contribution is 2.31. The van der Waals surface area contributed by atoms with Crippen LogP contribution < -0.4 is 14.8 Å². The van der Waals surface area contributed by atoms with Gasteiger partial charge in [-0.25, -0.2) is 0 Å². The number of aryl methyl sites for hydroxylation is 1. The van der Waals surface area contributed by atoms with E-state index in [1.54, 1.807) is 19.2 Å². The minimum absolute atomic E-state index is 0.0446. The summed E-state index contributed by atoms with van der Waals surface area (Å²) in [7, 11) is 1.63. The van der Waals surface area contributed by atoms with Crippen molar-refractivity contribution in [2.75, 3.05) is 13.7 Å². The van der Waals surface area contributed by atoms with E-state index in [2.05, 4.69) is 21.1 Å². The van der Waals surface area contributed by atoms with Gasteiger partial charge in [0.1, 0.15) is 11.5 Å². The molecule has 1 atom stereocenters. The third-order valence-corrected chi connectivity index (χ3v) is 5.81. The van der Waals surface area contributed by atoms with Crippen LogP contribution in [0.5, 0.6) is 11.5 Å². The number of nitrogens with one attached hydrogen (secondary N) is 2. The van der Waals surface area contributed by atoms with Gasteiger partial charge in [-0.15, -0.1) is 0 Å².